The monoisotopic (exact) mass is 347 g/mol. The standard InChI is InChI=1S/C16H21N5O2S/c1-4-17-15(23)18-14(22)11(2)24-16-20-19-12(3)21(16)10-13-8-6-5-7-9-13/h5-9,11H,4,10H2,1-3H3,(H2,17,18,22,23)/t11-/m1/s1. The summed E-state index contributed by atoms with van der Waals surface area (Å²) in [5, 5.41) is 13.3. The van der Waals surface area contributed by atoms with Crippen LogP contribution in [-0.2, 0) is 11.3 Å². The van der Waals surface area contributed by atoms with Gasteiger partial charge >= 0.3 is 6.03 Å². The fraction of sp³-hybridized carbons (Fsp3) is 0.375. The summed E-state index contributed by atoms with van der Waals surface area (Å²) in [6.45, 7) is 6.49. The van der Waals surface area contributed by atoms with E-state index in [1.54, 1.807) is 13.8 Å². The zero-order valence-corrected chi connectivity index (χ0v) is 14.8. The van der Waals surface area contributed by atoms with Crippen LogP contribution in [0.15, 0.2) is 35.5 Å². The molecule has 2 rings (SSSR count). The Morgan fingerprint density at radius 1 is 1.25 bits per heavy atom. The molecule has 0 fully saturated rings. The van der Waals surface area contributed by atoms with Gasteiger partial charge in [0.25, 0.3) is 0 Å². The average Bonchev–Trinajstić information content (AvgIpc) is 2.89. The number of thioether (sulfide) groups is 1. The summed E-state index contributed by atoms with van der Waals surface area (Å²) in [7, 11) is 0. The Hall–Kier alpha value is -2.35. The summed E-state index contributed by atoms with van der Waals surface area (Å²) in [5.74, 6) is 0.413. The highest BCUT2D eigenvalue weighted by Gasteiger charge is 2.20. The maximum absolute atomic E-state index is 12.1. The molecule has 128 valence electrons. The Labute approximate surface area is 145 Å². The second-order valence-corrected chi connectivity index (χ2v) is 6.52. The Bertz CT molecular complexity index is 702. The Morgan fingerprint density at radius 3 is 2.62 bits per heavy atom. The van der Waals surface area contributed by atoms with Crippen molar-refractivity contribution in [1.82, 2.24) is 25.4 Å². The second kappa shape index (κ2) is 8.49. The molecule has 0 aliphatic carbocycles. The summed E-state index contributed by atoms with van der Waals surface area (Å²) >= 11 is 1.28. The lowest BCUT2D eigenvalue weighted by molar-refractivity contribution is -0.119. The molecule has 2 N–H and O–H groups in total. The highest BCUT2D eigenvalue weighted by molar-refractivity contribution is 8.00. The summed E-state index contributed by atoms with van der Waals surface area (Å²) in [5.41, 5.74) is 1.13. The van der Waals surface area contributed by atoms with Gasteiger partial charge in [-0.15, -0.1) is 10.2 Å². The van der Waals surface area contributed by atoms with E-state index >= 15 is 0 Å². The fourth-order valence-electron chi connectivity index (χ4n) is 2.03. The van der Waals surface area contributed by atoms with Crippen molar-refractivity contribution in [3.8, 4) is 0 Å². The van der Waals surface area contributed by atoms with Gasteiger partial charge in [-0.2, -0.15) is 0 Å². The summed E-state index contributed by atoms with van der Waals surface area (Å²) in [4.78, 5) is 23.5. The number of hydrogen-bond donors (Lipinski definition) is 2. The van der Waals surface area contributed by atoms with Gasteiger partial charge in [0.05, 0.1) is 11.8 Å². The van der Waals surface area contributed by atoms with Gasteiger partial charge in [0.2, 0.25) is 5.91 Å². The quantitative estimate of drug-likeness (QED) is 0.780. The number of benzene rings is 1. The van der Waals surface area contributed by atoms with Gasteiger partial charge in [-0.1, -0.05) is 42.1 Å². The van der Waals surface area contributed by atoms with Gasteiger partial charge in [0, 0.05) is 6.54 Å². The van der Waals surface area contributed by atoms with Crippen molar-refractivity contribution >= 4 is 23.7 Å². The molecule has 1 aromatic heterocycles. The number of hydrogen-bond acceptors (Lipinski definition) is 5. The smallest absolute Gasteiger partial charge is 0.321 e. The van der Waals surface area contributed by atoms with Crippen molar-refractivity contribution in [2.75, 3.05) is 6.54 Å². The number of carbonyl (C=O) groups excluding carboxylic acids is 2. The van der Waals surface area contributed by atoms with Crippen LogP contribution in [0.2, 0.25) is 0 Å². The number of nitrogens with one attached hydrogen (secondary N) is 2. The van der Waals surface area contributed by atoms with E-state index in [1.807, 2.05) is 41.8 Å². The molecule has 24 heavy (non-hydrogen) atoms. The molecular formula is C16H21N5O2S. The molecule has 8 heteroatoms. The maximum atomic E-state index is 12.1. The van der Waals surface area contributed by atoms with Crippen LogP contribution in [0.4, 0.5) is 4.79 Å². The molecule has 1 atom stereocenters. The molecule has 0 saturated carbocycles. The minimum absolute atomic E-state index is 0.363. The van der Waals surface area contributed by atoms with Crippen molar-refractivity contribution in [2.45, 2.75) is 37.7 Å². The third kappa shape index (κ3) is 4.82. The molecule has 0 aliphatic rings. The van der Waals surface area contributed by atoms with Crippen LogP contribution in [0.25, 0.3) is 0 Å². The van der Waals surface area contributed by atoms with Gasteiger partial charge in [-0.05, 0) is 26.3 Å². The van der Waals surface area contributed by atoms with Gasteiger partial charge < -0.3 is 9.88 Å². The van der Waals surface area contributed by atoms with Gasteiger partial charge in [-0.3, -0.25) is 10.1 Å². The lowest BCUT2D eigenvalue weighted by atomic mass is 10.2. The first kappa shape index (κ1) is 18.0. The summed E-state index contributed by atoms with van der Waals surface area (Å²) < 4.78 is 1.95. The highest BCUT2D eigenvalue weighted by Crippen LogP contribution is 2.23. The molecule has 0 aliphatic heterocycles. The first-order valence-corrected chi connectivity index (χ1v) is 8.58. The summed E-state index contributed by atoms with van der Waals surface area (Å²) in [6, 6.07) is 9.48. The van der Waals surface area contributed by atoms with E-state index in [2.05, 4.69) is 20.8 Å². The molecule has 0 unspecified atom stereocenters. The Kier molecular flexibility index (Phi) is 6.36. The molecule has 1 aromatic carbocycles. The predicted octanol–water partition coefficient (Wildman–Crippen LogP) is 1.96. The zero-order valence-electron chi connectivity index (χ0n) is 13.9. The van der Waals surface area contributed by atoms with Crippen LogP contribution in [0.5, 0.6) is 0 Å². The highest BCUT2D eigenvalue weighted by atomic mass is 32.2. The first-order valence-electron chi connectivity index (χ1n) is 7.70. The van der Waals surface area contributed by atoms with E-state index in [-0.39, 0.29) is 5.91 Å². The molecular weight excluding hydrogens is 326 g/mol. The molecule has 0 spiro atoms. The Balaban J connectivity index is 2.04. The predicted molar refractivity (Wildman–Crippen MR) is 92.8 cm³/mol. The van der Waals surface area contributed by atoms with E-state index in [1.165, 1.54) is 11.8 Å². The molecule has 1 heterocycles. The number of nitrogens with zero attached hydrogens (tertiary/aromatic N) is 3. The van der Waals surface area contributed by atoms with E-state index in [0.717, 1.165) is 11.4 Å². The van der Waals surface area contributed by atoms with Crippen LogP contribution in [-0.4, -0.2) is 38.5 Å². The third-order valence-electron chi connectivity index (χ3n) is 3.31. The molecule has 3 amide bonds. The van der Waals surface area contributed by atoms with Crippen LogP contribution >= 0.6 is 11.8 Å². The number of rotatable bonds is 6. The molecule has 2 aromatic rings. The fourth-order valence-corrected chi connectivity index (χ4v) is 2.92. The SMILES string of the molecule is CCNC(=O)NC(=O)[C@@H](C)Sc1nnc(C)n1Cc1ccccc1. The van der Waals surface area contributed by atoms with Crippen molar-refractivity contribution in [2.24, 2.45) is 0 Å². The maximum Gasteiger partial charge on any atom is 0.321 e. The molecule has 0 saturated heterocycles. The number of imide groups is 1. The number of carbonyl (C=O) groups is 2. The molecule has 0 bridgehead atoms. The zero-order chi connectivity index (χ0) is 17.5. The number of aromatic nitrogens is 3. The first-order chi connectivity index (χ1) is 11.5. The van der Waals surface area contributed by atoms with Crippen molar-refractivity contribution < 1.29 is 9.59 Å². The lowest BCUT2D eigenvalue weighted by Crippen LogP contribution is -2.42. The van der Waals surface area contributed by atoms with E-state index < -0.39 is 11.3 Å². The minimum Gasteiger partial charge on any atom is -0.338 e. The third-order valence-corrected chi connectivity index (χ3v) is 4.39. The van der Waals surface area contributed by atoms with Crippen LogP contribution < -0.4 is 10.6 Å². The lowest BCUT2D eigenvalue weighted by Gasteiger charge is -2.13. The van der Waals surface area contributed by atoms with Crippen LogP contribution in [0, 0.1) is 6.92 Å². The van der Waals surface area contributed by atoms with Gasteiger partial charge in [0.1, 0.15) is 5.82 Å². The average molecular weight is 347 g/mol. The second-order valence-electron chi connectivity index (χ2n) is 5.21. The van der Waals surface area contributed by atoms with E-state index in [9.17, 15) is 9.59 Å². The topological polar surface area (TPSA) is 88.9 Å². The van der Waals surface area contributed by atoms with Crippen molar-refractivity contribution in [3.05, 3.63) is 41.7 Å². The summed E-state index contributed by atoms with van der Waals surface area (Å²) in [6.07, 6.45) is 0. The van der Waals surface area contributed by atoms with Crippen LogP contribution in [0.3, 0.4) is 0 Å². The number of urea groups is 1. The minimum atomic E-state index is -0.489. The van der Waals surface area contributed by atoms with Crippen molar-refractivity contribution in [3.63, 3.8) is 0 Å². The van der Waals surface area contributed by atoms with E-state index in [4.69, 9.17) is 0 Å². The normalized spacial score (nSPS) is 11.8. The largest absolute Gasteiger partial charge is 0.338 e. The van der Waals surface area contributed by atoms with Crippen molar-refractivity contribution in [1.29, 1.82) is 0 Å². The number of amides is 3. The van der Waals surface area contributed by atoms with Gasteiger partial charge in [0.15, 0.2) is 5.16 Å². The number of aryl methyl sites for hydroxylation is 1. The van der Waals surface area contributed by atoms with Crippen LogP contribution in [0.1, 0.15) is 25.2 Å². The van der Waals surface area contributed by atoms with Gasteiger partial charge in [-0.25, -0.2) is 4.79 Å². The Morgan fingerprint density at radius 2 is 1.96 bits per heavy atom. The molecule has 7 nitrogen and oxygen atoms in total. The van der Waals surface area contributed by atoms with E-state index in [0.29, 0.717) is 18.2 Å². The molecule has 0 radical (unpaired) electrons.